The van der Waals surface area contributed by atoms with E-state index in [1.165, 1.54) is 49.6 Å². The molecule has 4 rings (SSSR count). The Labute approximate surface area is 155 Å². The summed E-state index contributed by atoms with van der Waals surface area (Å²) in [7, 11) is -3.49. The average Bonchev–Trinajstić information content (AvgIpc) is 3.18. The van der Waals surface area contributed by atoms with Crippen LogP contribution in [-0.2, 0) is 16.6 Å². The lowest BCUT2D eigenvalue weighted by atomic mass is 10.2. The van der Waals surface area contributed by atoms with E-state index in [0.717, 1.165) is 11.3 Å². The summed E-state index contributed by atoms with van der Waals surface area (Å²) in [5, 5.41) is 5.96. The number of sulfonamides is 1. The maximum Gasteiger partial charge on any atom is 0.234 e. The molecule has 0 atom stereocenters. The first-order chi connectivity index (χ1) is 12.6. The first kappa shape index (κ1) is 17.5. The van der Waals surface area contributed by atoms with E-state index >= 15 is 0 Å². The first-order valence-corrected chi connectivity index (χ1v) is 11.0. The number of hydrogen-bond donors (Lipinski definition) is 1. The molecule has 0 unspecified atom stereocenters. The number of nitrogens with zero attached hydrogens (tertiary/aromatic N) is 2. The molecule has 2 saturated carbocycles. The second kappa shape index (κ2) is 7.37. The second-order valence-electron chi connectivity index (χ2n) is 7.30. The maximum absolute atomic E-state index is 12.2. The second-order valence-corrected chi connectivity index (χ2v) is 8.95. The van der Waals surface area contributed by atoms with E-state index in [-0.39, 0.29) is 6.54 Å². The Hall–Kier alpha value is -1.92. The SMILES string of the molecule is O=S(=O)(C=Cc1ccccc1)NCc1cc(C2CC2)n(C2CCCC2)n1. The predicted molar refractivity (Wildman–Crippen MR) is 103 cm³/mol. The van der Waals surface area contributed by atoms with Crippen molar-refractivity contribution >= 4 is 16.1 Å². The molecule has 5 nitrogen and oxygen atoms in total. The van der Waals surface area contributed by atoms with Crippen molar-refractivity contribution < 1.29 is 8.42 Å². The molecule has 2 fully saturated rings. The summed E-state index contributed by atoms with van der Waals surface area (Å²) in [6.07, 6.45) is 8.96. The summed E-state index contributed by atoms with van der Waals surface area (Å²) in [4.78, 5) is 0. The molecule has 0 saturated heterocycles. The van der Waals surface area contributed by atoms with Crippen molar-refractivity contribution in [3.05, 3.63) is 58.8 Å². The van der Waals surface area contributed by atoms with Crippen LogP contribution in [0.15, 0.2) is 41.8 Å². The normalized spacial score (nSPS) is 18.8. The Morgan fingerprint density at radius 3 is 2.54 bits per heavy atom. The minimum Gasteiger partial charge on any atom is -0.266 e. The largest absolute Gasteiger partial charge is 0.266 e. The van der Waals surface area contributed by atoms with Gasteiger partial charge >= 0.3 is 0 Å². The van der Waals surface area contributed by atoms with Gasteiger partial charge in [0.2, 0.25) is 10.0 Å². The lowest BCUT2D eigenvalue weighted by Gasteiger charge is -2.13. The Kier molecular flexibility index (Phi) is 4.96. The van der Waals surface area contributed by atoms with Crippen LogP contribution in [0.2, 0.25) is 0 Å². The molecule has 2 aromatic rings. The molecule has 0 radical (unpaired) electrons. The highest BCUT2D eigenvalue weighted by atomic mass is 32.2. The van der Waals surface area contributed by atoms with Crippen LogP contribution in [-0.4, -0.2) is 18.2 Å². The van der Waals surface area contributed by atoms with Crippen LogP contribution in [0, 0.1) is 0 Å². The average molecular weight is 372 g/mol. The number of nitrogens with one attached hydrogen (secondary N) is 1. The predicted octanol–water partition coefficient (Wildman–Crippen LogP) is 3.97. The quantitative estimate of drug-likeness (QED) is 0.801. The summed E-state index contributed by atoms with van der Waals surface area (Å²) < 4.78 is 29.3. The fraction of sp³-hybridized carbons (Fsp3) is 0.450. The zero-order valence-electron chi connectivity index (χ0n) is 14.8. The lowest BCUT2D eigenvalue weighted by Crippen LogP contribution is -2.21. The molecule has 1 N–H and O–H groups in total. The van der Waals surface area contributed by atoms with Gasteiger partial charge in [-0.1, -0.05) is 43.2 Å². The van der Waals surface area contributed by atoms with Crippen molar-refractivity contribution in [1.82, 2.24) is 14.5 Å². The minimum absolute atomic E-state index is 0.237. The molecular weight excluding hydrogens is 346 g/mol. The van der Waals surface area contributed by atoms with Crippen molar-refractivity contribution in [2.75, 3.05) is 0 Å². The van der Waals surface area contributed by atoms with Crippen molar-refractivity contribution in [1.29, 1.82) is 0 Å². The molecule has 138 valence electrons. The van der Waals surface area contributed by atoms with E-state index in [2.05, 4.69) is 15.5 Å². The van der Waals surface area contributed by atoms with Gasteiger partial charge in [-0.25, -0.2) is 13.1 Å². The molecule has 0 spiro atoms. The van der Waals surface area contributed by atoms with Crippen molar-refractivity contribution in [3.8, 4) is 0 Å². The van der Waals surface area contributed by atoms with Gasteiger partial charge in [0, 0.05) is 17.0 Å². The Bertz CT molecular complexity index is 877. The van der Waals surface area contributed by atoms with Gasteiger partial charge in [-0.05, 0) is 43.4 Å². The molecule has 0 bridgehead atoms. The zero-order chi connectivity index (χ0) is 18.0. The Morgan fingerprint density at radius 1 is 1.12 bits per heavy atom. The first-order valence-electron chi connectivity index (χ1n) is 9.42. The summed E-state index contributed by atoms with van der Waals surface area (Å²) in [6.45, 7) is 0.237. The van der Waals surface area contributed by atoms with Gasteiger partial charge in [0.1, 0.15) is 0 Å². The smallest absolute Gasteiger partial charge is 0.234 e. The highest BCUT2D eigenvalue weighted by molar-refractivity contribution is 7.92. The molecule has 26 heavy (non-hydrogen) atoms. The molecule has 6 heteroatoms. The van der Waals surface area contributed by atoms with Crippen molar-refractivity contribution in [2.45, 2.75) is 57.0 Å². The Balaban J connectivity index is 1.44. The molecule has 1 heterocycles. The number of rotatable bonds is 7. The topological polar surface area (TPSA) is 64.0 Å². The van der Waals surface area contributed by atoms with Gasteiger partial charge in [0.05, 0.1) is 18.3 Å². The summed E-state index contributed by atoms with van der Waals surface area (Å²) >= 11 is 0. The standard InChI is InChI=1S/C20H25N3O2S/c24-26(25,13-12-16-6-2-1-3-7-16)21-15-18-14-20(17-10-11-17)23(22-18)19-8-4-5-9-19/h1-3,6-7,12-14,17,19,21H,4-5,8-11,15H2. The van der Waals surface area contributed by atoms with E-state index < -0.39 is 10.0 Å². The minimum atomic E-state index is -3.49. The van der Waals surface area contributed by atoms with Gasteiger partial charge in [-0.15, -0.1) is 0 Å². The van der Waals surface area contributed by atoms with Gasteiger partial charge in [-0.3, -0.25) is 4.68 Å². The van der Waals surface area contributed by atoms with Crippen LogP contribution in [0.4, 0.5) is 0 Å². The Morgan fingerprint density at radius 2 is 1.85 bits per heavy atom. The number of aromatic nitrogens is 2. The third kappa shape index (κ3) is 4.24. The van der Waals surface area contributed by atoms with Gasteiger partial charge in [0.25, 0.3) is 0 Å². The van der Waals surface area contributed by atoms with E-state index in [9.17, 15) is 8.42 Å². The summed E-state index contributed by atoms with van der Waals surface area (Å²) in [5.74, 6) is 0.617. The molecule has 0 aliphatic heterocycles. The molecular formula is C20H25N3O2S. The summed E-state index contributed by atoms with van der Waals surface area (Å²) in [5.41, 5.74) is 2.97. The third-order valence-corrected chi connectivity index (χ3v) is 6.22. The maximum atomic E-state index is 12.2. The van der Waals surface area contributed by atoms with Crippen molar-refractivity contribution in [3.63, 3.8) is 0 Å². The summed E-state index contributed by atoms with van der Waals surface area (Å²) in [6, 6.07) is 12.0. The molecule has 2 aliphatic carbocycles. The van der Waals surface area contributed by atoms with Crippen LogP contribution < -0.4 is 4.72 Å². The van der Waals surface area contributed by atoms with E-state index in [4.69, 9.17) is 5.10 Å². The van der Waals surface area contributed by atoms with Crippen LogP contribution in [0.5, 0.6) is 0 Å². The van der Waals surface area contributed by atoms with Gasteiger partial charge in [-0.2, -0.15) is 5.10 Å². The van der Waals surface area contributed by atoms with Crippen molar-refractivity contribution in [2.24, 2.45) is 0 Å². The van der Waals surface area contributed by atoms with Crippen LogP contribution in [0.25, 0.3) is 6.08 Å². The van der Waals surface area contributed by atoms with Crippen LogP contribution >= 0.6 is 0 Å². The fourth-order valence-electron chi connectivity index (χ4n) is 3.63. The lowest BCUT2D eigenvalue weighted by molar-refractivity contribution is 0.446. The van der Waals surface area contributed by atoms with Crippen LogP contribution in [0.3, 0.4) is 0 Å². The zero-order valence-corrected chi connectivity index (χ0v) is 15.7. The monoisotopic (exact) mass is 371 g/mol. The molecule has 2 aliphatic rings. The molecule has 1 aromatic carbocycles. The fourth-order valence-corrected chi connectivity index (χ4v) is 4.41. The number of benzene rings is 1. The van der Waals surface area contributed by atoms with E-state index in [0.29, 0.717) is 12.0 Å². The van der Waals surface area contributed by atoms with Crippen LogP contribution in [0.1, 0.15) is 67.4 Å². The van der Waals surface area contributed by atoms with Gasteiger partial charge < -0.3 is 0 Å². The molecule has 0 amide bonds. The highest BCUT2D eigenvalue weighted by Gasteiger charge is 2.31. The highest BCUT2D eigenvalue weighted by Crippen LogP contribution is 2.43. The van der Waals surface area contributed by atoms with E-state index in [1.807, 2.05) is 30.3 Å². The third-order valence-electron chi connectivity index (χ3n) is 5.18. The van der Waals surface area contributed by atoms with E-state index in [1.54, 1.807) is 6.08 Å². The number of hydrogen-bond acceptors (Lipinski definition) is 3. The molecule has 1 aromatic heterocycles. The van der Waals surface area contributed by atoms with Gasteiger partial charge in [0.15, 0.2) is 0 Å².